The van der Waals surface area contributed by atoms with Crippen molar-refractivity contribution in [1.82, 2.24) is 25.1 Å². The lowest BCUT2D eigenvalue weighted by atomic mass is 9.85. The number of nitrogens with zero attached hydrogens (tertiary/aromatic N) is 4. The molecule has 0 radical (unpaired) electrons. The van der Waals surface area contributed by atoms with Crippen molar-refractivity contribution in [3.05, 3.63) is 18.2 Å². The van der Waals surface area contributed by atoms with Crippen LogP contribution < -0.4 is 5.32 Å². The largest absolute Gasteiger partial charge is 0.317 e. The predicted molar refractivity (Wildman–Crippen MR) is 72.4 cm³/mol. The predicted octanol–water partition coefficient (Wildman–Crippen LogP) is 1.71. The maximum atomic E-state index is 4.51. The molecular weight excluding hydrogens is 226 g/mol. The highest BCUT2D eigenvalue weighted by Gasteiger charge is 2.25. The first-order chi connectivity index (χ1) is 8.56. The summed E-state index contributed by atoms with van der Waals surface area (Å²) in [5, 5.41) is 8.66. The number of likely N-dealkylation sites (N-methyl/N-ethyl adjacent to an activating group) is 1. The molecule has 0 amide bonds. The summed E-state index contributed by atoms with van der Waals surface area (Å²) >= 11 is 0. The zero-order valence-electron chi connectivity index (χ0n) is 11.7. The zero-order valence-corrected chi connectivity index (χ0v) is 11.7. The number of rotatable bonds is 4. The van der Waals surface area contributed by atoms with Crippen molar-refractivity contribution in [1.29, 1.82) is 0 Å². The van der Waals surface area contributed by atoms with Gasteiger partial charge in [-0.1, -0.05) is 13.8 Å². The number of hydrogen-bond acceptors (Lipinski definition) is 4. The minimum absolute atomic E-state index is 0.352. The van der Waals surface area contributed by atoms with Crippen LogP contribution in [-0.4, -0.2) is 32.8 Å². The molecule has 0 saturated heterocycles. The van der Waals surface area contributed by atoms with Crippen LogP contribution in [0.2, 0.25) is 0 Å². The van der Waals surface area contributed by atoms with Gasteiger partial charge in [0.25, 0.3) is 0 Å². The van der Waals surface area contributed by atoms with Gasteiger partial charge in [-0.25, -0.2) is 9.97 Å². The van der Waals surface area contributed by atoms with Gasteiger partial charge in [-0.3, -0.25) is 4.68 Å². The summed E-state index contributed by atoms with van der Waals surface area (Å²) in [5.41, 5.74) is 1.99. The molecule has 1 N–H and O–H groups in total. The van der Waals surface area contributed by atoms with Crippen molar-refractivity contribution in [2.75, 3.05) is 7.05 Å². The summed E-state index contributed by atoms with van der Waals surface area (Å²) in [5.74, 6) is 0.857. The van der Waals surface area contributed by atoms with Crippen molar-refractivity contribution in [3.63, 3.8) is 0 Å². The number of aryl methyl sites for hydroxylation is 1. The van der Waals surface area contributed by atoms with Crippen LogP contribution >= 0.6 is 0 Å². The van der Waals surface area contributed by atoms with E-state index in [1.165, 1.54) is 0 Å². The minimum Gasteiger partial charge on any atom is -0.317 e. The zero-order chi connectivity index (χ0) is 13.3. The molecule has 18 heavy (non-hydrogen) atoms. The lowest BCUT2D eigenvalue weighted by Crippen LogP contribution is -2.32. The number of aromatic nitrogens is 4. The van der Waals surface area contributed by atoms with Crippen molar-refractivity contribution < 1.29 is 0 Å². The van der Waals surface area contributed by atoms with Crippen LogP contribution in [0.4, 0.5) is 0 Å². The molecule has 0 bridgehead atoms. The van der Waals surface area contributed by atoms with Gasteiger partial charge in [0, 0.05) is 19.0 Å². The first-order valence-electron chi connectivity index (χ1n) is 6.36. The number of hydrogen-bond donors (Lipinski definition) is 1. The van der Waals surface area contributed by atoms with Crippen LogP contribution in [0, 0.1) is 5.92 Å². The van der Waals surface area contributed by atoms with Crippen LogP contribution in [0.5, 0.6) is 0 Å². The summed E-state index contributed by atoms with van der Waals surface area (Å²) in [4.78, 5) is 8.80. The van der Waals surface area contributed by atoms with Crippen molar-refractivity contribution >= 4 is 11.0 Å². The van der Waals surface area contributed by atoms with E-state index >= 15 is 0 Å². The summed E-state index contributed by atoms with van der Waals surface area (Å²) < 4.78 is 1.79. The Morgan fingerprint density at radius 1 is 1.22 bits per heavy atom. The van der Waals surface area contributed by atoms with Gasteiger partial charge in [0.15, 0.2) is 5.65 Å². The molecule has 2 unspecified atom stereocenters. The lowest BCUT2D eigenvalue weighted by Gasteiger charge is -2.27. The molecule has 2 aromatic heterocycles. The second-order valence-corrected chi connectivity index (χ2v) is 5.11. The number of fused-ring (bicyclic) bond motifs is 1. The third kappa shape index (κ3) is 2.10. The molecule has 0 saturated carbocycles. The Bertz CT molecular complexity index is 531. The molecule has 0 spiro atoms. The molecule has 2 aromatic rings. The van der Waals surface area contributed by atoms with E-state index in [4.69, 9.17) is 0 Å². The van der Waals surface area contributed by atoms with E-state index in [2.05, 4.69) is 41.2 Å². The fourth-order valence-corrected chi connectivity index (χ4v) is 2.56. The van der Waals surface area contributed by atoms with Crippen molar-refractivity contribution in [2.24, 2.45) is 13.0 Å². The SMILES string of the molecule is CNC(C)C(c1ncnc2c1cnn2C)C(C)C. The molecular formula is C13H21N5. The maximum Gasteiger partial charge on any atom is 0.161 e. The van der Waals surface area contributed by atoms with Crippen LogP contribution in [-0.2, 0) is 7.05 Å². The highest BCUT2D eigenvalue weighted by molar-refractivity contribution is 5.77. The van der Waals surface area contributed by atoms with Gasteiger partial charge >= 0.3 is 0 Å². The summed E-state index contributed by atoms with van der Waals surface area (Å²) in [6, 6.07) is 0.364. The maximum absolute atomic E-state index is 4.51. The summed E-state index contributed by atoms with van der Waals surface area (Å²) in [6.45, 7) is 6.64. The van der Waals surface area contributed by atoms with Crippen LogP contribution in [0.25, 0.3) is 11.0 Å². The molecule has 0 aliphatic heterocycles. The molecule has 0 aromatic carbocycles. The summed E-state index contributed by atoms with van der Waals surface area (Å²) in [6.07, 6.45) is 3.50. The fraction of sp³-hybridized carbons (Fsp3) is 0.615. The molecule has 0 aliphatic rings. The van der Waals surface area contributed by atoms with E-state index in [1.54, 1.807) is 11.0 Å². The fourth-order valence-electron chi connectivity index (χ4n) is 2.56. The molecule has 0 aliphatic carbocycles. The average Bonchev–Trinajstić information content (AvgIpc) is 2.72. The van der Waals surface area contributed by atoms with Gasteiger partial charge in [0.2, 0.25) is 0 Å². The Morgan fingerprint density at radius 2 is 1.94 bits per heavy atom. The second kappa shape index (κ2) is 5.02. The molecule has 5 nitrogen and oxygen atoms in total. The molecule has 2 rings (SSSR count). The monoisotopic (exact) mass is 247 g/mol. The standard InChI is InChI=1S/C13H21N5/c1-8(2)11(9(3)14-4)12-10-6-17-18(5)13(10)16-7-15-12/h6-9,11,14H,1-5H3. The van der Waals surface area contributed by atoms with Gasteiger partial charge in [-0.2, -0.15) is 5.10 Å². The Balaban J connectivity index is 2.57. The van der Waals surface area contributed by atoms with Crippen molar-refractivity contribution in [3.8, 4) is 0 Å². The third-order valence-corrected chi connectivity index (χ3v) is 3.59. The van der Waals surface area contributed by atoms with Crippen LogP contribution in [0.1, 0.15) is 32.4 Å². The van der Waals surface area contributed by atoms with Crippen molar-refractivity contribution in [2.45, 2.75) is 32.7 Å². The molecule has 0 fully saturated rings. The van der Waals surface area contributed by atoms with E-state index < -0.39 is 0 Å². The van der Waals surface area contributed by atoms with E-state index in [0.717, 1.165) is 16.7 Å². The quantitative estimate of drug-likeness (QED) is 0.893. The Morgan fingerprint density at radius 3 is 2.56 bits per heavy atom. The first kappa shape index (κ1) is 13.0. The topological polar surface area (TPSA) is 55.6 Å². The van der Waals surface area contributed by atoms with Crippen LogP contribution in [0.3, 0.4) is 0 Å². The van der Waals surface area contributed by atoms with E-state index in [9.17, 15) is 0 Å². The molecule has 2 atom stereocenters. The Hall–Kier alpha value is -1.49. The first-order valence-corrected chi connectivity index (χ1v) is 6.36. The van der Waals surface area contributed by atoms with E-state index in [-0.39, 0.29) is 0 Å². The smallest absolute Gasteiger partial charge is 0.161 e. The van der Waals surface area contributed by atoms with E-state index in [0.29, 0.717) is 17.9 Å². The Kier molecular flexibility index (Phi) is 3.61. The van der Waals surface area contributed by atoms with Gasteiger partial charge in [0.05, 0.1) is 17.3 Å². The second-order valence-electron chi connectivity index (χ2n) is 5.11. The average molecular weight is 247 g/mol. The molecule has 2 heterocycles. The number of nitrogens with one attached hydrogen (secondary N) is 1. The van der Waals surface area contributed by atoms with Crippen LogP contribution in [0.15, 0.2) is 12.5 Å². The van der Waals surface area contributed by atoms with Gasteiger partial charge in [0.1, 0.15) is 6.33 Å². The van der Waals surface area contributed by atoms with Gasteiger partial charge in [-0.15, -0.1) is 0 Å². The van der Waals surface area contributed by atoms with E-state index in [1.807, 2.05) is 20.3 Å². The molecule has 5 heteroatoms. The normalized spacial score (nSPS) is 15.2. The summed E-state index contributed by atoms with van der Waals surface area (Å²) in [7, 11) is 3.90. The lowest BCUT2D eigenvalue weighted by molar-refractivity contribution is 0.390. The van der Waals surface area contributed by atoms with Gasteiger partial charge < -0.3 is 5.32 Å². The van der Waals surface area contributed by atoms with Gasteiger partial charge in [-0.05, 0) is 19.9 Å². The highest BCUT2D eigenvalue weighted by Crippen LogP contribution is 2.30. The highest BCUT2D eigenvalue weighted by atomic mass is 15.3. The minimum atomic E-state index is 0.352. The molecule has 98 valence electrons. The Labute approximate surface area is 108 Å². The third-order valence-electron chi connectivity index (χ3n) is 3.59.